The molecule has 0 aliphatic carbocycles. The second-order valence-electron chi connectivity index (χ2n) is 11.7. The van der Waals surface area contributed by atoms with E-state index in [9.17, 15) is 4.79 Å². The minimum atomic E-state index is 0.0223. The Bertz CT molecular complexity index is 1190. The van der Waals surface area contributed by atoms with Crippen molar-refractivity contribution in [2.45, 2.75) is 65.7 Å². The van der Waals surface area contributed by atoms with E-state index >= 15 is 0 Å². The predicted molar refractivity (Wildman–Crippen MR) is 153 cm³/mol. The number of benzene rings is 2. The van der Waals surface area contributed by atoms with E-state index in [2.05, 4.69) is 93.4 Å². The van der Waals surface area contributed by atoms with Gasteiger partial charge >= 0.3 is 0 Å². The van der Waals surface area contributed by atoms with Gasteiger partial charge in [0.1, 0.15) is 0 Å². The monoisotopic (exact) mass is 498 g/mol. The maximum Gasteiger partial charge on any atom is 0.227 e. The van der Waals surface area contributed by atoms with Gasteiger partial charge in [-0.25, -0.2) is 4.68 Å². The molecule has 196 valence electrons. The molecule has 0 saturated carbocycles. The summed E-state index contributed by atoms with van der Waals surface area (Å²) in [5.74, 6) is 0.538. The molecule has 0 bridgehead atoms. The molecule has 1 fully saturated rings. The van der Waals surface area contributed by atoms with E-state index in [1.807, 2.05) is 22.9 Å². The number of likely N-dealkylation sites (tertiary alicyclic amines) is 1. The highest BCUT2D eigenvalue weighted by Crippen LogP contribution is 2.24. The van der Waals surface area contributed by atoms with E-state index in [1.165, 1.54) is 16.7 Å². The number of para-hydroxylation sites is 1. The number of nitrogens with one attached hydrogen (secondary N) is 1. The van der Waals surface area contributed by atoms with E-state index < -0.39 is 0 Å². The molecule has 1 aliphatic rings. The van der Waals surface area contributed by atoms with Crippen LogP contribution in [0.1, 0.15) is 70.0 Å². The topological polar surface area (TPSA) is 50.2 Å². The molecule has 5 nitrogen and oxygen atoms in total. The van der Waals surface area contributed by atoms with Gasteiger partial charge < -0.3 is 5.32 Å². The fourth-order valence-electron chi connectivity index (χ4n) is 4.80. The van der Waals surface area contributed by atoms with Crippen LogP contribution in [0, 0.1) is 5.92 Å². The molecule has 5 heteroatoms. The predicted octanol–water partition coefficient (Wildman–Crippen LogP) is 6.16. The molecule has 3 aromatic rings. The van der Waals surface area contributed by atoms with Crippen LogP contribution >= 0.6 is 0 Å². The number of carbonyl (C=O) groups excluding carboxylic acids is 1. The molecule has 1 aromatic heterocycles. The Hall–Kier alpha value is -3.18. The number of nitrogens with zero attached hydrogens (tertiary/aromatic N) is 3. The smallest absolute Gasteiger partial charge is 0.227 e. The Morgan fingerprint density at radius 1 is 1.03 bits per heavy atom. The van der Waals surface area contributed by atoms with E-state index in [-0.39, 0.29) is 11.3 Å². The van der Waals surface area contributed by atoms with E-state index in [1.54, 1.807) is 0 Å². The molecule has 0 atom stereocenters. The molecule has 37 heavy (non-hydrogen) atoms. The number of amides is 1. The van der Waals surface area contributed by atoms with Gasteiger partial charge in [0.15, 0.2) is 0 Å². The lowest BCUT2D eigenvalue weighted by atomic mass is 9.86. The SMILES string of the molecule is CC(C)Cc1cc(CC(=O)NCN2CCC(=Cc3ccc(C(C)(C)C)cc3)CC2)nn1-c1ccccc1. The Labute approximate surface area is 222 Å². The van der Waals surface area contributed by atoms with Crippen LogP contribution in [0.15, 0.2) is 66.2 Å². The van der Waals surface area contributed by atoms with Crippen molar-refractivity contribution in [3.63, 3.8) is 0 Å². The summed E-state index contributed by atoms with van der Waals surface area (Å²) in [6.45, 7) is 13.7. The molecule has 0 radical (unpaired) electrons. The van der Waals surface area contributed by atoms with Gasteiger partial charge in [-0.3, -0.25) is 9.69 Å². The first-order valence-electron chi connectivity index (χ1n) is 13.6. The van der Waals surface area contributed by atoms with Crippen LogP contribution in [0.5, 0.6) is 0 Å². The number of hydrogen-bond acceptors (Lipinski definition) is 3. The van der Waals surface area contributed by atoms with E-state index in [4.69, 9.17) is 5.10 Å². The second-order valence-corrected chi connectivity index (χ2v) is 11.7. The first kappa shape index (κ1) is 26.9. The molecule has 0 unspecified atom stereocenters. The first-order chi connectivity index (χ1) is 17.7. The summed E-state index contributed by atoms with van der Waals surface area (Å²) in [6, 6.07) is 21.2. The summed E-state index contributed by atoms with van der Waals surface area (Å²) in [5, 5.41) is 7.88. The van der Waals surface area contributed by atoms with Crippen LogP contribution in [0.3, 0.4) is 0 Å². The molecule has 0 spiro atoms. The average Bonchev–Trinajstić information content (AvgIpc) is 3.25. The zero-order chi connectivity index (χ0) is 26.4. The lowest BCUT2D eigenvalue weighted by Crippen LogP contribution is -2.41. The standard InChI is InChI=1S/C32H42N4O/c1-24(2)19-30-21-28(34-36(30)29-9-7-6-8-10-29)22-31(37)33-23-35-17-15-26(16-18-35)20-25-11-13-27(14-12-25)32(3,4)5/h6-14,20-21,24H,15-19,22-23H2,1-5H3,(H,33,37). The summed E-state index contributed by atoms with van der Waals surface area (Å²) >= 11 is 0. The normalized spacial score (nSPS) is 14.7. The maximum absolute atomic E-state index is 12.7. The van der Waals surface area contributed by atoms with Gasteiger partial charge in [0.2, 0.25) is 5.91 Å². The lowest BCUT2D eigenvalue weighted by Gasteiger charge is -2.28. The van der Waals surface area contributed by atoms with Gasteiger partial charge in [-0.05, 0) is 59.9 Å². The van der Waals surface area contributed by atoms with Crippen LogP contribution in [0.2, 0.25) is 0 Å². The van der Waals surface area contributed by atoms with Crippen molar-refractivity contribution >= 4 is 12.0 Å². The van der Waals surface area contributed by atoms with Crippen LogP contribution in [-0.2, 0) is 23.1 Å². The molecule has 1 N–H and O–H groups in total. The van der Waals surface area contributed by atoms with E-state index in [0.717, 1.165) is 49.4 Å². The molecule has 1 saturated heterocycles. The van der Waals surface area contributed by atoms with Crippen molar-refractivity contribution in [1.82, 2.24) is 20.0 Å². The molecule has 1 amide bonds. The lowest BCUT2D eigenvalue weighted by molar-refractivity contribution is -0.121. The fourth-order valence-corrected chi connectivity index (χ4v) is 4.80. The number of piperidine rings is 1. The van der Waals surface area contributed by atoms with Crippen LogP contribution in [0.25, 0.3) is 11.8 Å². The largest absolute Gasteiger partial charge is 0.343 e. The summed E-state index contributed by atoms with van der Waals surface area (Å²) < 4.78 is 1.98. The number of aromatic nitrogens is 2. The zero-order valence-electron chi connectivity index (χ0n) is 23.1. The van der Waals surface area contributed by atoms with Gasteiger partial charge in [-0.15, -0.1) is 0 Å². The number of rotatable bonds is 8. The number of carbonyl (C=O) groups is 1. The zero-order valence-corrected chi connectivity index (χ0v) is 23.1. The summed E-state index contributed by atoms with van der Waals surface area (Å²) in [5.41, 5.74) is 7.30. The second kappa shape index (κ2) is 11.9. The Morgan fingerprint density at radius 3 is 2.32 bits per heavy atom. The van der Waals surface area contributed by atoms with Crippen LogP contribution in [0.4, 0.5) is 0 Å². The third-order valence-corrected chi connectivity index (χ3v) is 6.94. The molecule has 1 aliphatic heterocycles. The van der Waals surface area contributed by atoms with Crippen molar-refractivity contribution in [3.8, 4) is 5.69 Å². The van der Waals surface area contributed by atoms with E-state index in [0.29, 0.717) is 19.0 Å². The minimum absolute atomic E-state index is 0.0223. The highest BCUT2D eigenvalue weighted by molar-refractivity contribution is 5.78. The highest BCUT2D eigenvalue weighted by Gasteiger charge is 2.17. The summed E-state index contributed by atoms with van der Waals surface area (Å²) in [6.07, 6.45) is 5.64. The molecule has 2 heterocycles. The quantitative estimate of drug-likeness (QED) is 0.404. The number of hydrogen-bond donors (Lipinski definition) is 1. The maximum atomic E-state index is 12.7. The molecule has 2 aromatic carbocycles. The minimum Gasteiger partial charge on any atom is -0.343 e. The van der Waals surface area contributed by atoms with Crippen molar-refractivity contribution in [3.05, 3.63) is 88.8 Å². The van der Waals surface area contributed by atoms with Crippen molar-refractivity contribution < 1.29 is 4.79 Å². The third kappa shape index (κ3) is 7.65. The average molecular weight is 499 g/mol. The van der Waals surface area contributed by atoms with Gasteiger partial charge in [-0.2, -0.15) is 5.10 Å². The van der Waals surface area contributed by atoms with Crippen molar-refractivity contribution in [2.75, 3.05) is 19.8 Å². The first-order valence-corrected chi connectivity index (χ1v) is 13.6. The Morgan fingerprint density at radius 2 is 1.70 bits per heavy atom. The van der Waals surface area contributed by atoms with Crippen molar-refractivity contribution in [1.29, 1.82) is 0 Å². The van der Waals surface area contributed by atoms with Gasteiger partial charge in [0.25, 0.3) is 0 Å². The van der Waals surface area contributed by atoms with Gasteiger partial charge in [0, 0.05) is 18.8 Å². The Balaban J connectivity index is 1.27. The molecular formula is C32H42N4O. The van der Waals surface area contributed by atoms with Gasteiger partial charge in [-0.1, -0.05) is 88.7 Å². The summed E-state index contributed by atoms with van der Waals surface area (Å²) in [4.78, 5) is 15.1. The van der Waals surface area contributed by atoms with Gasteiger partial charge in [0.05, 0.1) is 24.5 Å². The molecule has 4 rings (SSSR count). The third-order valence-electron chi connectivity index (χ3n) is 6.94. The summed E-state index contributed by atoms with van der Waals surface area (Å²) in [7, 11) is 0. The van der Waals surface area contributed by atoms with Crippen molar-refractivity contribution in [2.24, 2.45) is 5.92 Å². The van der Waals surface area contributed by atoms with Crippen LogP contribution in [-0.4, -0.2) is 40.3 Å². The molecular weight excluding hydrogens is 456 g/mol. The Kier molecular flexibility index (Phi) is 8.65. The fraction of sp³-hybridized carbons (Fsp3) is 0.438. The highest BCUT2D eigenvalue weighted by atomic mass is 16.1. The van der Waals surface area contributed by atoms with Crippen LogP contribution < -0.4 is 5.32 Å².